The van der Waals surface area contributed by atoms with Crippen molar-refractivity contribution in [2.45, 2.75) is 38.9 Å². The van der Waals surface area contributed by atoms with Crippen LogP contribution in [0.5, 0.6) is 0 Å². The minimum Gasteiger partial charge on any atom is -0.342 e. The maximum atomic E-state index is 12.2. The first-order chi connectivity index (χ1) is 10.5. The molecular formula is C17H24N4O. The van der Waals surface area contributed by atoms with E-state index in [2.05, 4.69) is 17.1 Å². The topological polar surface area (TPSA) is 64.2 Å². The van der Waals surface area contributed by atoms with E-state index in [9.17, 15) is 4.79 Å². The smallest absolute Gasteiger partial charge is 0.239 e. The van der Waals surface area contributed by atoms with Gasteiger partial charge in [0.25, 0.3) is 0 Å². The molecule has 0 saturated carbocycles. The quantitative estimate of drug-likeness (QED) is 0.882. The summed E-state index contributed by atoms with van der Waals surface area (Å²) in [5, 5.41) is 0. The molecule has 5 nitrogen and oxygen atoms in total. The molecule has 1 heterocycles. The Morgan fingerprint density at radius 2 is 2.00 bits per heavy atom. The van der Waals surface area contributed by atoms with E-state index in [0.717, 1.165) is 12.2 Å². The number of likely N-dealkylation sites (N-methyl/N-ethyl adjacent to an activating group) is 1. The molecule has 0 radical (unpaired) electrons. The third-order valence-corrected chi connectivity index (χ3v) is 3.76. The Labute approximate surface area is 131 Å². The molecular weight excluding hydrogens is 276 g/mol. The standard InChI is InChI=1S/C17H24N4O/c1-13(2)20(3)17(22)16(18)9-15-11-21(12-19-15)10-14-7-5-4-6-8-14/h4-8,11-13,16H,9-10,18H2,1-3H3/t16-/m0/s1. The maximum Gasteiger partial charge on any atom is 0.239 e. The second-order valence-electron chi connectivity index (χ2n) is 5.88. The van der Waals surface area contributed by atoms with E-state index >= 15 is 0 Å². The van der Waals surface area contributed by atoms with Crippen molar-refractivity contribution in [3.63, 3.8) is 0 Å². The van der Waals surface area contributed by atoms with Gasteiger partial charge in [-0.05, 0) is 19.4 Å². The summed E-state index contributed by atoms with van der Waals surface area (Å²) < 4.78 is 2.01. The number of carbonyl (C=O) groups excluding carboxylic acids is 1. The first-order valence-electron chi connectivity index (χ1n) is 7.54. The summed E-state index contributed by atoms with van der Waals surface area (Å²) in [6.45, 7) is 4.71. The maximum absolute atomic E-state index is 12.2. The van der Waals surface area contributed by atoms with E-state index in [4.69, 9.17) is 5.73 Å². The average molecular weight is 300 g/mol. The van der Waals surface area contributed by atoms with E-state index in [-0.39, 0.29) is 11.9 Å². The van der Waals surface area contributed by atoms with Crippen LogP contribution in [0, 0.1) is 0 Å². The molecule has 2 aromatic rings. The van der Waals surface area contributed by atoms with Crippen LogP contribution in [0.15, 0.2) is 42.9 Å². The molecule has 1 aromatic carbocycles. The van der Waals surface area contributed by atoms with Gasteiger partial charge < -0.3 is 15.2 Å². The summed E-state index contributed by atoms with van der Waals surface area (Å²) >= 11 is 0. The van der Waals surface area contributed by atoms with Crippen molar-refractivity contribution in [1.29, 1.82) is 0 Å². The van der Waals surface area contributed by atoms with Crippen LogP contribution >= 0.6 is 0 Å². The zero-order valence-corrected chi connectivity index (χ0v) is 13.4. The van der Waals surface area contributed by atoms with E-state index in [1.54, 1.807) is 18.3 Å². The Morgan fingerprint density at radius 1 is 1.32 bits per heavy atom. The molecule has 0 aliphatic carbocycles. The van der Waals surface area contributed by atoms with E-state index in [0.29, 0.717) is 6.42 Å². The molecule has 22 heavy (non-hydrogen) atoms. The number of imidazole rings is 1. The molecule has 1 atom stereocenters. The highest BCUT2D eigenvalue weighted by Gasteiger charge is 2.21. The zero-order valence-electron chi connectivity index (χ0n) is 13.4. The summed E-state index contributed by atoms with van der Waals surface area (Å²) in [4.78, 5) is 18.2. The van der Waals surface area contributed by atoms with Gasteiger partial charge in [-0.3, -0.25) is 4.79 Å². The monoisotopic (exact) mass is 300 g/mol. The van der Waals surface area contributed by atoms with Crippen molar-refractivity contribution < 1.29 is 4.79 Å². The molecule has 0 saturated heterocycles. The SMILES string of the molecule is CC(C)N(C)C(=O)[C@@H](N)Cc1cn(Cc2ccccc2)cn1. The minimum atomic E-state index is -0.549. The van der Waals surface area contributed by atoms with Crippen LogP contribution in [0.25, 0.3) is 0 Å². The van der Waals surface area contributed by atoms with Crippen molar-refractivity contribution in [2.75, 3.05) is 7.05 Å². The Balaban J connectivity index is 1.96. The fraction of sp³-hybridized carbons (Fsp3) is 0.412. The Hall–Kier alpha value is -2.14. The lowest BCUT2D eigenvalue weighted by atomic mass is 10.1. The number of benzene rings is 1. The lowest BCUT2D eigenvalue weighted by Gasteiger charge is -2.24. The van der Waals surface area contributed by atoms with E-state index in [1.165, 1.54) is 5.56 Å². The van der Waals surface area contributed by atoms with E-state index < -0.39 is 6.04 Å². The fourth-order valence-corrected chi connectivity index (χ4v) is 2.22. The second kappa shape index (κ2) is 7.22. The van der Waals surface area contributed by atoms with Crippen LogP contribution in [-0.2, 0) is 17.8 Å². The summed E-state index contributed by atoms with van der Waals surface area (Å²) in [5.74, 6) is -0.0485. The molecule has 0 aliphatic rings. The number of hydrogen-bond donors (Lipinski definition) is 1. The predicted octanol–water partition coefficient (Wildman–Crippen LogP) is 1.67. The number of nitrogens with two attached hydrogens (primary N) is 1. The molecule has 0 bridgehead atoms. The second-order valence-corrected chi connectivity index (χ2v) is 5.88. The Bertz CT molecular complexity index is 606. The lowest BCUT2D eigenvalue weighted by Crippen LogP contribution is -2.45. The molecule has 5 heteroatoms. The van der Waals surface area contributed by atoms with Crippen molar-refractivity contribution in [1.82, 2.24) is 14.5 Å². The number of aromatic nitrogens is 2. The third-order valence-electron chi connectivity index (χ3n) is 3.76. The summed E-state index contributed by atoms with van der Waals surface area (Å²) in [7, 11) is 1.78. The number of amides is 1. The first-order valence-corrected chi connectivity index (χ1v) is 7.54. The molecule has 1 aromatic heterocycles. The van der Waals surface area contributed by atoms with Gasteiger partial charge in [0.2, 0.25) is 5.91 Å². The van der Waals surface area contributed by atoms with Gasteiger partial charge in [-0.1, -0.05) is 30.3 Å². The third kappa shape index (κ3) is 4.18. The highest BCUT2D eigenvalue weighted by atomic mass is 16.2. The lowest BCUT2D eigenvalue weighted by molar-refractivity contribution is -0.132. The van der Waals surface area contributed by atoms with Crippen LogP contribution in [0.1, 0.15) is 25.1 Å². The van der Waals surface area contributed by atoms with Gasteiger partial charge in [-0.15, -0.1) is 0 Å². The largest absolute Gasteiger partial charge is 0.342 e. The van der Waals surface area contributed by atoms with Gasteiger partial charge in [0.15, 0.2) is 0 Å². The molecule has 0 unspecified atom stereocenters. The molecule has 1 amide bonds. The van der Waals surface area contributed by atoms with Crippen molar-refractivity contribution in [3.8, 4) is 0 Å². The summed E-state index contributed by atoms with van der Waals surface area (Å²) in [6.07, 6.45) is 4.19. The number of carbonyl (C=O) groups is 1. The van der Waals surface area contributed by atoms with Crippen LogP contribution in [0.4, 0.5) is 0 Å². The van der Waals surface area contributed by atoms with Crippen LogP contribution in [0.2, 0.25) is 0 Å². The van der Waals surface area contributed by atoms with Gasteiger partial charge in [0, 0.05) is 32.3 Å². The number of nitrogens with zero attached hydrogens (tertiary/aromatic N) is 3. The average Bonchev–Trinajstić information content (AvgIpc) is 2.93. The predicted molar refractivity (Wildman–Crippen MR) is 87.4 cm³/mol. The zero-order chi connectivity index (χ0) is 16.1. The van der Waals surface area contributed by atoms with Gasteiger partial charge >= 0.3 is 0 Å². The van der Waals surface area contributed by atoms with E-state index in [1.807, 2.05) is 42.8 Å². The van der Waals surface area contributed by atoms with Crippen molar-refractivity contribution in [3.05, 3.63) is 54.1 Å². The van der Waals surface area contributed by atoms with Gasteiger partial charge in [-0.25, -0.2) is 4.98 Å². The van der Waals surface area contributed by atoms with Crippen LogP contribution in [0.3, 0.4) is 0 Å². The van der Waals surface area contributed by atoms with Gasteiger partial charge in [0.05, 0.1) is 18.1 Å². The van der Waals surface area contributed by atoms with Crippen LogP contribution < -0.4 is 5.73 Å². The number of hydrogen-bond acceptors (Lipinski definition) is 3. The molecule has 118 valence electrons. The van der Waals surface area contributed by atoms with Gasteiger partial charge in [0.1, 0.15) is 0 Å². The summed E-state index contributed by atoms with van der Waals surface area (Å²) in [6, 6.07) is 9.78. The molecule has 0 spiro atoms. The molecule has 2 N–H and O–H groups in total. The van der Waals surface area contributed by atoms with Gasteiger partial charge in [-0.2, -0.15) is 0 Å². The molecule has 0 fully saturated rings. The first kappa shape index (κ1) is 16.2. The Morgan fingerprint density at radius 3 is 2.64 bits per heavy atom. The molecule has 2 rings (SSSR count). The van der Waals surface area contributed by atoms with Crippen molar-refractivity contribution in [2.24, 2.45) is 5.73 Å². The highest BCUT2D eigenvalue weighted by Crippen LogP contribution is 2.07. The highest BCUT2D eigenvalue weighted by molar-refractivity contribution is 5.81. The normalized spacial score (nSPS) is 12.4. The van der Waals surface area contributed by atoms with Crippen LogP contribution in [-0.4, -0.2) is 39.5 Å². The summed E-state index contributed by atoms with van der Waals surface area (Å²) in [5.41, 5.74) is 8.07. The Kier molecular flexibility index (Phi) is 5.33. The number of rotatable bonds is 6. The minimum absolute atomic E-state index is 0.0485. The fourth-order valence-electron chi connectivity index (χ4n) is 2.22. The molecule has 0 aliphatic heterocycles. The van der Waals surface area contributed by atoms with Crippen molar-refractivity contribution >= 4 is 5.91 Å².